The number of benzene rings is 1. The van der Waals surface area contributed by atoms with E-state index in [4.69, 9.17) is 9.47 Å². The second-order valence-electron chi connectivity index (χ2n) is 4.09. The standard InChI is InChI=1S/C14H18N4O2/c1-15-12-8-13(18-14(17-12)9-19-2)16-10-5-4-6-11(7-10)20-3/h4-8H,9H2,1-3H3,(H2,15,16,17,18). The van der Waals surface area contributed by atoms with Gasteiger partial charge in [0.25, 0.3) is 0 Å². The van der Waals surface area contributed by atoms with Crippen molar-refractivity contribution in [3.8, 4) is 5.75 Å². The Morgan fingerprint density at radius 2 is 1.90 bits per heavy atom. The van der Waals surface area contributed by atoms with E-state index in [9.17, 15) is 0 Å². The number of anilines is 3. The number of nitrogens with one attached hydrogen (secondary N) is 2. The minimum absolute atomic E-state index is 0.363. The van der Waals surface area contributed by atoms with Gasteiger partial charge in [0.05, 0.1) is 7.11 Å². The highest BCUT2D eigenvalue weighted by atomic mass is 16.5. The van der Waals surface area contributed by atoms with Gasteiger partial charge in [0.1, 0.15) is 24.0 Å². The summed E-state index contributed by atoms with van der Waals surface area (Å²) >= 11 is 0. The van der Waals surface area contributed by atoms with Crippen molar-refractivity contribution >= 4 is 17.3 Å². The van der Waals surface area contributed by atoms with Crippen molar-refractivity contribution in [2.24, 2.45) is 0 Å². The van der Waals surface area contributed by atoms with Gasteiger partial charge < -0.3 is 20.1 Å². The Morgan fingerprint density at radius 1 is 1.10 bits per heavy atom. The lowest BCUT2D eigenvalue weighted by Crippen LogP contribution is -2.04. The molecule has 0 atom stereocenters. The monoisotopic (exact) mass is 274 g/mol. The van der Waals surface area contributed by atoms with Crippen molar-refractivity contribution < 1.29 is 9.47 Å². The molecule has 0 saturated heterocycles. The molecule has 0 radical (unpaired) electrons. The van der Waals surface area contributed by atoms with Crippen LogP contribution in [0.25, 0.3) is 0 Å². The number of hydrogen-bond acceptors (Lipinski definition) is 6. The summed E-state index contributed by atoms with van der Waals surface area (Å²) < 4.78 is 10.3. The third kappa shape index (κ3) is 3.58. The van der Waals surface area contributed by atoms with E-state index < -0.39 is 0 Å². The van der Waals surface area contributed by atoms with Crippen LogP contribution in [0.4, 0.5) is 17.3 Å². The van der Waals surface area contributed by atoms with E-state index in [1.165, 1.54) is 0 Å². The van der Waals surface area contributed by atoms with Gasteiger partial charge >= 0.3 is 0 Å². The second kappa shape index (κ2) is 6.72. The van der Waals surface area contributed by atoms with E-state index in [1.54, 1.807) is 14.2 Å². The average molecular weight is 274 g/mol. The molecule has 2 aromatic rings. The first-order chi connectivity index (χ1) is 9.75. The smallest absolute Gasteiger partial charge is 0.158 e. The molecule has 20 heavy (non-hydrogen) atoms. The molecule has 0 saturated carbocycles. The molecule has 1 aromatic carbocycles. The highest BCUT2D eigenvalue weighted by molar-refractivity contribution is 5.60. The van der Waals surface area contributed by atoms with Crippen LogP contribution in [0.5, 0.6) is 5.75 Å². The quantitative estimate of drug-likeness (QED) is 0.843. The Hall–Kier alpha value is -2.34. The maximum atomic E-state index is 5.19. The van der Waals surface area contributed by atoms with Crippen LogP contribution < -0.4 is 15.4 Å². The minimum Gasteiger partial charge on any atom is -0.497 e. The van der Waals surface area contributed by atoms with Gasteiger partial charge in [-0.05, 0) is 12.1 Å². The predicted octanol–water partition coefficient (Wildman–Crippen LogP) is 2.42. The first kappa shape index (κ1) is 14.1. The van der Waals surface area contributed by atoms with Gasteiger partial charge in [0.15, 0.2) is 5.82 Å². The molecular weight excluding hydrogens is 256 g/mol. The van der Waals surface area contributed by atoms with E-state index in [-0.39, 0.29) is 0 Å². The summed E-state index contributed by atoms with van der Waals surface area (Å²) in [4.78, 5) is 8.70. The van der Waals surface area contributed by atoms with E-state index in [1.807, 2.05) is 37.4 Å². The lowest BCUT2D eigenvalue weighted by molar-refractivity contribution is 0.178. The predicted molar refractivity (Wildman–Crippen MR) is 78.6 cm³/mol. The molecule has 0 amide bonds. The number of nitrogens with zero attached hydrogens (tertiary/aromatic N) is 2. The summed E-state index contributed by atoms with van der Waals surface area (Å²) in [6.07, 6.45) is 0. The molecule has 0 unspecified atom stereocenters. The number of rotatable bonds is 6. The molecule has 0 aliphatic carbocycles. The zero-order valence-corrected chi connectivity index (χ0v) is 11.8. The summed E-state index contributed by atoms with van der Waals surface area (Å²) in [6.45, 7) is 0.363. The molecule has 1 aromatic heterocycles. The fraction of sp³-hybridized carbons (Fsp3) is 0.286. The largest absolute Gasteiger partial charge is 0.497 e. The first-order valence-electron chi connectivity index (χ1n) is 6.21. The summed E-state index contributed by atoms with van der Waals surface area (Å²) in [6, 6.07) is 9.48. The second-order valence-corrected chi connectivity index (χ2v) is 4.09. The van der Waals surface area contributed by atoms with Crippen LogP contribution in [0.3, 0.4) is 0 Å². The molecule has 6 nitrogen and oxygen atoms in total. The maximum absolute atomic E-state index is 5.19. The molecule has 1 heterocycles. The zero-order valence-electron chi connectivity index (χ0n) is 11.8. The lowest BCUT2D eigenvalue weighted by atomic mass is 10.3. The molecule has 0 aliphatic rings. The van der Waals surface area contributed by atoms with Crippen LogP contribution in [0.15, 0.2) is 30.3 Å². The van der Waals surface area contributed by atoms with Crippen LogP contribution in [-0.4, -0.2) is 31.2 Å². The van der Waals surface area contributed by atoms with Crippen molar-refractivity contribution in [3.05, 3.63) is 36.2 Å². The molecule has 2 N–H and O–H groups in total. The van der Waals surface area contributed by atoms with Gasteiger partial charge in [-0.1, -0.05) is 6.07 Å². The van der Waals surface area contributed by atoms with Gasteiger partial charge in [-0.2, -0.15) is 0 Å². The minimum atomic E-state index is 0.363. The van der Waals surface area contributed by atoms with Gasteiger partial charge in [0, 0.05) is 32.0 Å². The molecule has 2 rings (SSSR count). The SMILES string of the molecule is CNc1cc(Nc2cccc(OC)c2)nc(COC)n1. The van der Waals surface area contributed by atoms with Gasteiger partial charge in [-0.25, -0.2) is 9.97 Å². The maximum Gasteiger partial charge on any atom is 0.158 e. The topological polar surface area (TPSA) is 68.3 Å². The van der Waals surface area contributed by atoms with Gasteiger partial charge in [-0.3, -0.25) is 0 Å². The Kier molecular flexibility index (Phi) is 4.73. The van der Waals surface area contributed by atoms with E-state index in [0.29, 0.717) is 18.2 Å². The van der Waals surface area contributed by atoms with Gasteiger partial charge in [0.2, 0.25) is 0 Å². The van der Waals surface area contributed by atoms with E-state index in [0.717, 1.165) is 17.3 Å². The number of ether oxygens (including phenoxy) is 2. The Balaban J connectivity index is 2.24. The van der Waals surface area contributed by atoms with Crippen LogP contribution >= 0.6 is 0 Å². The third-order valence-corrected chi connectivity index (χ3v) is 2.64. The third-order valence-electron chi connectivity index (χ3n) is 2.64. The highest BCUT2D eigenvalue weighted by Crippen LogP contribution is 2.21. The Labute approximate surface area is 118 Å². The van der Waals surface area contributed by atoms with Crippen LogP contribution in [0, 0.1) is 0 Å². The highest BCUT2D eigenvalue weighted by Gasteiger charge is 2.04. The van der Waals surface area contributed by atoms with Crippen LogP contribution in [0.1, 0.15) is 5.82 Å². The van der Waals surface area contributed by atoms with Crippen molar-refractivity contribution in [1.82, 2.24) is 9.97 Å². The first-order valence-corrected chi connectivity index (χ1v) is 6.21. The normalized spacial score (nSPS) is 10.2. The molecule has 0 bridgehead atoms. The van der Waals surface area contributed by atoms with E-state index in [2.05, 4.69) is 20.6 Å². The summed E-state index contributed by atoms with van der Waals surface area (Å²) in [5.41, 5.74) is 0.897. The number of methoxy groups -OCH3 is 2. The fourth-order valence-corrected chi connectivity index (χ4v) is 1.73. The lowest BCUT2D eigenvalue weighted by Gasteiger charge is -2.10. The van der Waals surface area contributed by atoms with E-state index >= 15 is 0 Å². The number of aromatic nitrogens is 2. The summed E-state index contributed by atoms with van der Waals surface area (Å²) in [5, 5.41) is 6.23. The van der Waals surface area contributed by atoms with Crippen molar-refractivity contribution in [3.63, 3.8) is 0 Å². The fourth-order valence-electron chi connectivity index (χ4n) is 1.73. The zero-order chi connectivity index (χ0) is 14.4. The molecular formula is C14H18N4O2. The molecule has 0 fully saturated rings. The van der Waals surface area contributed by atoms with Crippen molar-refractivity contribution in [1.29, 1.82) is 0 Å². The Morgan fingerprint density at radius 3 is 2.60 bits per heavy atom. The Bertz CT molecular complexity index is 575. The average Bonchev–Trinajstić information content (AvgIpc) is 2.47. The summed E-state index contributed by atoms with van der Waals surface area (Å²) in [5.74, 6) is 2.84. The molecule has 106 valence electrons. The van der Waals surface area contributed by atoms with Crippen LogP contribution in [0.2, 0.25) is 0 Å². The molecule has 0 spiro atoms. The van der Waals surface area contributed by atoms with Crippen molar-refractivity contribution in [2.75, 3.05) is 31.9 Å². The molecule has 6 heteroatoms. The number of hydrogen-bond donors (Lipinski definition) is 2. The van der Waals surface area contributed by atoms with Crippen molar-refractivity contribution in [2.45, 2.75) is 6.61 Å². The van der Waals surface area contributed by atoms with Gasteiger partial charge in [-0.15, -0.1) is 0 Å². The van der Waals surface area contributed by atoms with Crippen LogP contribution in [-0.2, 0) is 11.3 Å². The molecule has 0 aliphatic heterocycles. The summed E-state index contributed by atoms with van der Waals surface area (Å²) in [7, 11) is 5.07.